The van der Waals surface area contributed by atoms with Crippen LogP contribution >= 0.6 is 11.3 Å². The van der Waals surface area contributed by atoms with Crippen LogP contribution < -0.4 is 5.73 Å². The van der Waals surface area contributed by atoms with Gasteiger partial charge in [0.05, 0.1) is 5.69 Å². The van der Waals surface area contributed by atoms with Gasteiger partial charge in [0.2, 0.25) is 0 Å². The molecule has 0 amide bonds. The Balaban J connectivity index is 0.000000514. The molecular formula is C14H18N2S. The van der Waals surface area contributed by atoms with Gasteiger partial charge in [0.25, 0.3) is 0 Å². The molecule has 2 nitrogen and oxygen atoms in total. The molecule has 17 heavy (non-hydrogen) atoms. The van der Waals surface area contributed by atoms with Crippen LogP contribution in [0.5, 0.6) is 0 Å². The van der Waals surface area contributed by atoms with E-state index in [-0.39, 0.29) is 0 Å². The highest BCUT2D eigenvalue weighted by atomic mass is 32.1. The summed E-state index contributed by atoms with van der Waals surface area (Å²) < 4.78 is 0. The molecule has 1 heterocycles. The predicted octanol–water partition coefficient (Wildman–Crippen LogP) is 3.91. The second kappa shape index (κ2) is 5.32. The SMILES string of the molecule is CC.Nc1nc2c(s1)CCCc1ccccc1-2. The highest BCUT2D eigenvalue weighted by molar-refractivity contribution is 7.15. The van der Waals surface area contributed by atoms with E-state index in [0.717, 1.165) is 18.5 Å². The molecule has 0 atom stereocenters. The zero-order chi connectivity index (χ0) is 12.3. The first kappa shape index (κ1) is 12.1. The lowest BCUT2D eigenvalue weighted by atomic mass is 10.0. The second-order valence-corrected chi connectivity index (χ2v) is 4.95. The van der Waals surface area contributed by atoms with Gasteiger partial charge in [-0.15, -0.1) is 11.3 Å². The van der Waals surface area contributed by atoms with Gasteiger partial charge in [0.1, 0.15) is 0 Å². The first-order chi connectivity index (χ1) is 8.34. The van der Waals surface area contributed by atoms with Crippen molar-refractivity contribution < 1.29 is 0 Å². The Morgan fingerprint density at radius 3 is 2.76 bits per heavy atom. The summed E-state index contributed by atoms with van der Waals surface area (Å²) in [5, 5.41) is 0.691. The van der Waals surface area contributed by atoms with E-state index in [2.05, 4.69) is 29.2 Å². The van der Waals surface area contributed by atoms with Gasteiger partial charge < -0.3 is 5.73 Å². The van der Waals surface area contributed by atoms with Crippen LogP contribution in [-0.4, -0.2) is 4.98 Å². The quantitative estimate of drug-likeness (QED) is 0.765. The number of anilines is 1. The van der Waals surface area contributed by atoms with Gasteiger partial charge in [-0.2, -0.15) is 0 Å². The van der Waals surface area contributed by atoms with Crippen molar-refractivity contribution >= 4 is 16.5 Å². The number of nitrogen functional groups attached to an aromatic ring is 1. The number of hydrogen-bond acceptors (Lipinski definition) is 3. The van der Waals surface area contributed by atoms with Crippen LogP contribution in [0.1, 0.15) is 30.7 Å². The Morgan fingerprint density at radius 1 is 1.18 bits per heavy atom. The van der Waals surface area contributed by atoms with Crippen LogP contribution in [0.15, 0.2) is 24.3 Å². The summed E-state index contributed by atoms with van der Waals surface area (Å²) in [6, 6.07) is 8.52. The van der Waals surface area contributed by atoms with Crippen molar-refractivity contribution in [3.63, 3.8) is 0 Å². The van der Waals surface area contributed by atoms with Crippen molar-refractivity contribution in [3.05, 3.63) is 34.7 Å². The van der Waals surface area contributed by atoms with Crippen LogP contribution in [0.25, 0.3) is 11.3 Å². The molecule has 0 saturated heterocycles. The minimum absolute atomic E-state index is 0.691. The fraction of sp³-hybridized carbons (Fsp3) is 0.357. The van der Waals surface area contributed by atoms with Crippen LogP contribution in [-0.2, 0) is 12.8 Å². The number of rotatable bonds is 0. The molecule has 2 aromatic rings. The Kier molecular flexibility index (Phi) is 3.79. The number of thiazole rings is 1. The van der Waals surface area contributed by atoms with Gasteiger partial charge in [-0.1, -0.05) is 38.1 Å². The van der Waals surface area contributed by atoms with Gasteiger partial charge in [0, 0.05) is 10.4 Å². The maximum Gasteiger partial charge on any atom is 0.180 e. The monoisotopic (exact) mass is 246 g/mol. The highest BCUT2D eigenvalue weighted by Gasteiger charge is 2.17. The maximum absolute atomic E-state index is 5.77. The highest BCUT2D eigenvalue weighted by Crippen LogP contribution is 2.35. The van der Waals surface area contributed by atoms with E-state index >= 15 is 0 Å². The Bertz CT molecular complexity index is 503. The average Bonchev–Trinajstić information content (AvgIpc) is 2.65. The van der Waals surface area contributed by atoms with E-state index in [0.29, 0.717) is 5.13 Å². The van der Waals surface area contributed by atoms with E-state index in [9.17, 15) is 0 Å². The minimum atomic E-state index is 0.691. The molecule has 1 aromatic carbocycles. The zero-order valence-corrected chi connectivity index (χ0v) is 11.2. The Hall–Kier alpha value is -1.35. The molecule has 0 bridgehead atoms. The molecule has 0 unspecified atom stereocenters. The van der Waals surface area contributed by atoms with E-state index in [1.165, 1.54) is 22.4 Å². The van der Waals surface area contributed by atoms with Crippen molar-refractivity contribution in [2.75, 3.05) is 5.73 Å². The molecule has 1 aliphatic carbocycles. The van der Waals surface area contributed by atoms with E-state index in [1.54, 1.807) is 11.3 Å². The standard InChI is InChI=1S/C12H12N2S.C2H6/c13-12-14-11-9-6-2-1-4-8(9)5-3-7-10(11)15-12;1-2/h1-2,4,6H,3,5,7H2,(H2,13,14);1-2H3. The third-order valence-corrected chi connectivity index (χ3v) is 3.78. The number of hydrogen-bond donors (Lipinski definition) is 1. The lowest BCUT2D eigenvalue weighted by Crippen LogP contribution is -1.88. The number of nitrogens with two attached hydrogens (primary N) is 1. The van der Waals surface area contributed by atoms with Gasteiger partial charge >= 0.3 is 0 Å². The summed E-state index contributed by atoms with van der Waals surface area (Å²) in [5.41, 5.74) is 9.57. The molecule has 1 aromatic heterocycles. The largest absolute Gasteiger partial charge is 0.375 e. The first-order valence-electron chi connectivity index (χ1n) is 6.18. The second-order valence-electron chi connectivity index (χ2n) is 3.83. The smallest absolute Gasteiger partial charge is 0.180 e. The summed E-state index contributed by atoms with van der Waals surface area (Å²) >= 11 is 1.63. The number of nitrogens with zero attached hydrogens (tertiary/aromatic N) is 1. The predicted molar refractivity (Wildman–Crippen MR) is 75.3 cm³/mol. The number of benzene rings is 1. The van der Waals surface area contributed by atoms with Crippen molar-refractivity contribution in [1.82, 2.24) is 4.98 Å². The molecule has 0 saturated carbocycles. The summed E-state index contributed by atoms with van der Waals surface area (Å²) in [6.07, 6.45) is 3.46. The third kappa shape index (κ3) is 2.34. The summed E-state index contributed by atoms with van der Waals surface area (Å²) in [5.74, 6) is 0. The Labute approximate surface area is 107 Å². The van der Waals surface area contributed by atoms with E-state index < -0.39 is 0 Å². The lowest BCUT2D eigenvalue weighted by Gasteiger charge is -2.03. The summed E-state index contributed by atoms with van der Waals surface area (Å²) in [7, 11) is 0. The molecule has 0 spiro atoms. The summed E-state index contributed by atoms with van der Waals surface area (Å²) in [6.45, 7) is 4.00. The fourth-order valence-corrected chi connectivity index (χ4v) is 3.05. The van der Waals surface area contributed by atoms with Gasteiger partial charge in [-0.25, -0.2) is 4.98 Å². The molecule has 0 fully saturated rings. The van der Waals surface area contributed by atoms with Crippen LogP contribution in [0, 0.1) is 0 Å². The molecule has 0 aliphatic heterocycles. The van der Waals surface area contributed by atoms with Gasteiger partial charge in [-0.3, -0.25) is 0 Å². The molecule has 1 aliphatic rings. The molecule has 3 heteroatoms. The maximum atomic E-state index is 5.77. The number of fused-ring (bicyclic) bond motifs is 3. The molecule has 2 N–H and O–H groups in total. The molecule has 90 valence electrons. The van der Waals surface area contributed by atoms with Crippen LogP contribution in [0.4, 0.5) is 5.13 Å². The van der Waals surface area contributed by atoms with Crippen LogP contribution in [0.3, 0.4) is 0 Å². The third-order valence-electron chi connectivity index (χ3n) is 2.84. The molecule has 3 rings (SSSR count). The van der Waals surface area contributed by atoms with Crippen molar-refractivity contribution in [3.8, 4) is 11.3 Å². The lowest BCUT2D eigenvalue weighted by molar-refractivity contribution is 0.843. The topological polar surface area (TPSA) is 38.9 Å². The summed E-state index contributed by atoms with van der Waals surface area (Å²) in [4.78, 5) is 5.79. The van der Waals surface area contributed by atoms with E-state index in [1.807, 2.05) is 13.8 Å². The fourth-order valence-electron chi connectivity index (χ4n) is 2.16. The first-order valence-corrected chi connectivity index (χ1v) is 7.00. The normalized spacial score (nSPS) is 12.8. The minimum Gasteiger partial charge on any atom is -0.375 e. The van der Waals surface area contributed by atoms with Crippen molar-refractivity contribution in [2.24, 2.45) is 0 Å². The number of aryl methyl sites for hydroxylation is 2. The molecule has 0 radical (unpaired) electrons. The van der Waals surface area contributed by atoms with Crippen LogP contribution in [0.2, 0.25) is 0 Å². The zero-order valence-electron chi connectivity index (χ0n) is 10.4. The molecular weight excluding hydrogens is 228 g/mol. The van der Waals surface area contributed by atoms with Gasteiger partial charge in [-0.05, 0) is 24.8 Å². The van der Waals surface area contributed by atoms with Gasteiger partial charge in [0.15, 0.2) is 5.13 Å². The number of aromatic nitrogens is 1. The van der Waals surface area contributed by atoms with E-state index in [4.69, 9.17) is 5.73 Å². The average molecular weight is 246 g/mol. The van der Waals surface area contributed by atoms with Crippen molar-refractivity contribution in [1.29, 1.82) is 0 Å². The Morgan fingerprint density at radius 2 is 1.94 bits per heavy atom. The van der Waals surface area contributed by atoms with Crippen molar-refractivity contribution in [2.45, 2.75) is 33.1 Å².